The van der Waals surface area contributed by atoms with Crippen LogP contribution in [0.1, 0.15) is 22.9 Å². The number of nitrogens with zero attached hydrogens (tertiary/aromatic N) is 1. The van der Waals surface area contributed by atoms with Crippen LogP contribution in [0.5, 0.6) is 17.2 Å². The van der Waals surface area contributed by atoms with Crippen LogP contribution in [0.2, 0.25) is 0 Å². The SMILES string of the molecule is COc1ccccc1[C@@H]1NCc2cc3c(cc2-n2cccc21)OCO3. The van der Waals surface area contributed by atoms with Crippen molar-refractivity contribution in [1.29, 1.82) is 0 Å². The molecule has 2 aliphatic heterocycles. The summed E-state index contributed by atoms with van der Waals surface area (Å²) in [4.78, 5) is 0. The number of nitrogens with one attached hydrogen (secondary N) is 1. The lowest BCUT2D eigenvalue weighted by molar-refractivity contribution is 0.174. The number of hydrogen-bond donors (Lipinski definition) is 1. The van der Waals surface area contributed by atoms with Crippen molar-refractivity contribution in [2.45, 2.75) is 12.6 Å². The fraction of sp³-hybridized carbons (Fsp3) is 0.200. The molecule has 1 N–H and O–H groups in total. The van der Waals surface area contributed by atoms with Crippen LogP contribution in [0.15, 0.2) is 54.7 Å². The molecule has 3 aromatic rings. The summed E-state index contributed by atoms with van der Waals surface area (Å²) in [5.74, 6) is 2.49. The van der Waals surface area contributed by atoms with Crippen LogP contribution in [0.25, 0.3) is 5.69 Å². The average molecular weight is 334 g/mol. The Morgan fingerprint density at radius 3 is 2.80 bits per heavy atom. The Morgan fingerprint density at radius 1 is 1.08 bits per heavy atom. The van der Waals surface area contributed by atoms with Gasteiger partial charge in [-0.2, -0.15) is 0 Å². The Bertz CT molecular complexity index is 948. The molecule has 0 saturated carbocycles. The van der Waals surface area contributed by atoms with Crippen LogP contribution in [0.3, 0.4) is 0 Å². The minimum absolute atomic E-state index is 0.0372. The van der Waals surface area contributed by atoms with E-state index in [0.717, 1.165) is 35.0 Å². The Morgan fingerprint density at radius 2 is 1.92 bits per heavy atom. The van der Waals surface area contributed by atoms with Gasteiger partial charge < -0.3 is 24.1 Å². The number of fused-ring (bicyclic) bond motifs is 4. The van der Waals surface area contributed by atoms with Crippen molar-refractivity contribution in [3.05, 3.63) is 71.5 Å². The first-order valence-electron chi connectivity index (χ1n) is 8.31. The molecule has 0 fully saturated rings. The van der Waals surface area contributed by atoms with E-state index in [1.807, 2.05) is 18.2 Å². The molecular formula is C20H18N2O3. The minimum atomic E-state index is 0.0372. The van der Waals surface area contributed by atoms with Gasteiger partial charge in [0, 0.05) is 30.1 Å². The molecule has 3 heterocycles. The van der Waals surface area contributed by atoms with Gasteiger partial charge >= 0.3 is 0 Å². The van der Waals surface area contributed by atoms with E-state index in [1.165, 1.54) is 11.3 Å². The van der Waals surface area contributed by atoms with Crippen molar-refractivity contribution >= 4 is 0 Å². The second-order valence-electron chi connectivity index (χ2n) is 6.19. The number of para-hydroxylation sites is 1. The number of methoxy groups -OCH3 is 1. The Kier molecular flexibility index (Phi) is 3.21. The van der Waals surface area contributed by atoms with Gasteiger partial charge in [-0.25, -0.2) is 0 Å². The smallest absolute Gasteiger partial charge is 0.231 e. The molecule has 0 saturated heterocycles. The molecule has 2 aromatic carbocycles. The maximum absolute atomic E-state index is 5.58. The van der Waals surface area contributed by atoms with Crippen molar-refractivity contribution in [2.75, 3.05) is 13.9 Å². The summed E-state index contributed by atoms with van der Waals surface area (Å²) < 4.78 is 18.9. The molecule has 1 atom stereocenters. The number of benzene rings is 2. The van der Waals surface area contributed by atoms with Gasteiger partial charge in [-0.05, 0) is 29.8 Å². The standard InChI is InChI=1S/C20H18N2O3/c1-23-17-7-3-2-5-14(17)20-15-6-4-8-22(15)16-10-19-18(24-12-25-19)9-13(16)11-21-20/h2-10,20-21H,11-12H2,1H3/t20-/m0/s1. The highest BCUT2D eigenvalue weighted by molar-refractivity contribution is 5.57. The quantitative estimate of drug-likeness (QED) is 0.780. The van der Waals surface area contributed by atoms with Crippen molar-refractivity contribution in [2.24, 2.45) is 0 Å². The number of rotatable bonds is 2. The first kappa shape index (κ1) is 14.4. The summed E-state index contributed by atoms with van der Waals surface area (Å²) in [6, 6.07) is 16.5. The minimum Gasteiger partial charge on any atom is -0.496 e. The predicted octanol–water partition coefficient (Wildman–Crippen LogP) is 3.41. The third-order valence-electron chi connectivity index (χ3n) is 4.86. The summed E-state index contributed by atoms with van der Waals surface area (Å²) in [5.41, 5.74) is 4.59. The number of aromatic nitrogens is 1. The molecular weight excluding hydrogens is 316 g/mol. The van der Waals surface area contributed by atoms with Gasteiger partial charge in [0.1, 0.15) is 5.75 Å². The molecule has 5 heteroatoms. The molecule has 0 spiro atoms. The van der Waals surface area contributed by atoms with Crippen molar-refractivity contribution in [3.63, 3.8) is 0 Å². The normalized spacial score (nSPS) is 17.6. The summed E-state index contributed by atoms with van der Waals surface area (Å²) in [7, 11) is 1.71. The lowest BCUT2D eigenvalue weighted by Crippen LogP contribution is -2.21. The molecule has 5 nitrogen and oxygen atoms in total. The van der Waals surface area contributed by atoms with E-state index in [9.17, 15) is 0 Å². The predicted molar refractivity (Wildman–Crippen MR) is 93.6 cm³/mol. The second-order valence-corrected chi connectivity index (χ2v) is 6.19. The van der Waals surface area contributed by atoms with E-state index in [-0.39, 0.29) is 12.8 Å². The first-order chi connectivity index (χ1) is 12.3. The van der Waals surface area contributed by atoms with E-state index in [1.54, 1.807) is 7.11 Å². The van der Waals surface area contributed by atoms with Crippen LogP contribution in [-0.2, 0) is 6.54 Å². The molecule has 25 heavy (non-hydrogen) atoms. The number of ether oxygens (including phenoxy) is 3. The van der Waals surface area contributed by atoms with Gasteiger partial charge in [0.2, 0.25) is 6.79 Å². The molecule has 1 aromatic heterocycles. The Labute approximate surface area is 145 Å². The van der Waals surface area contributed by atoms with Gasteiger partial charge in [0.25, 0.3) is 0 Å². The average Bonchev–Trinajstić information content (AvgIpc) is 3.27. The van der Waals surface area contributed by atoms with Gasteiger partial charge in [0.05, 0.1) is 18.8 Å². The zero-order valence-corrected chi connectivity index (χ0v) is 13.9. The molecule has 2 aliphatic rings. The van der Waals surface area contributed by atoms with Crippen LogP contribution in [0.4, 0.5) is 0 Å². The third kappa shape index (κ3) is 2.20. The lowest BCUT2D eigenvalue weighted by atomic mass is 10.0. The number of hydrogen-bond acceptors (Lipinski definition) is 4. The summed E-state index contributed by atoms with van der Waals surface area (Å²) in [6.45, 7) is 1.02. The molecule has 5 rings (SSSR count). The maximum Gasteiger partial charge on any atom is 0.231 e. The third-order valence-corrected chi connectivity index (χ3v) is 4.86. The van der Waals surface area contributed by atoms with E-state index < -0.39 is 0 Å². The Balaban J connectivity index is 1.67. The molecule has 0 amide bonds. The van der Waals surface area contributed by atoms with Crippen molar-refractivity contribution in [1.82, 2.24) is 9.88 Å². The second kappa shape index (κ2) is 5.57. The van der Waals surface area contributed by atoms with Crippen LogP contribution >= 0.6 is 0 Å². The van der Waals surface area contributed by atoms with Crippen molar-refractivity contribution in [3.8, 4) is 22.9 Å². The highest BCUT2D eigenvalue weighted by atomic mass is 16.7. The zero-order valence-electron chi connectivity index (χ0n) is 13.9. The van der Waals surface area contributed by atoms with Gasteiger partial charge in [-0.1, -0.05) is 18.2 Å². The largest absolute Gasteiger partial charge is 0.496 e. The lowest BCUT2D eigenvalue weighted by Gasteiger charge is -2.20. The summed E-state index contributed by atoms with van der Waals surface area (Å²) >= 11 is 0. The van der Waals surface area contributed by atoms with E-state index in [4.69, 9.17) is 14.2 Å². The first-order valence-corrected chi connectivity index (χ1v) is 8.31. The molecule has 0 aliphatic carbocycles. The molecule has 0 bridgehead atoms. The molecule has 0 radical (unpaired) electrons. The van der Waals surface area contributed by atoms with Crippen LogP contribution < -0.4 is 19.5 Å². The maximum atomic E-state index is 5.58. The monoisotopic (exact) mass is 334 g/mol. The van der Waals surface area contributed by atoms with E-state index in [2.05, 4.69) is 46.4 Å². The van der Waals surface area contributed by atoms with E-state index >= 15 is 0 Å². The fourth-order valence-electron chi connectivity index (χ4n) is 3.68. The fourth-order valence-corrected chi connectivity index (χ4v) is 3.68. The van der Waals surface area contributed by atoms with Gasteiger partial charge in [-0.3, -0.25) is 0 Å². The molecule has 126 valence electrons. The zero-order chi connectivity index (χ0) is 16.8. The highest BCUT2D eigenvalue weighted by Crippen LogP contribution is 2.40. The van der Waals surface area contributed by atoms with Crippen LogP contribution in [-0.4, -0.2) is 18.5 Å². The molecule has 0 unspecified atom stereocenters. The topological polar surface area (TPSA) is 44.7 Å². The Hall–Kier alpha value is -2.92. The van der Waals surface area contributed by atoms with Crippen LogP contribution in [0, 0.1) is 0 Å². The van der Waals surface area contributed by atoms with Gasteiger partial charge in [-0.15, -0.1) is 0 Å². The summed E-state index contributed by atoms with van der Waals surface area (Å²) in [6.07, 6.45) is 2.09. The summed E-state index contributed by atoms with van der Waals surface area (Å²) in [5, 5.41) is 3.67. The van der Waals surface area contributed by atoms with E-state index in [0.29, 0.717) is 0 Å². The highest BCUT2D eigenvalue weighted by Gasteiger charge is 2.27. The van der Waals surface area contributed by atoms with Crippen molar-refractivity contribution < 1.29 is 14.2 Å². The van der Waals surface area contributed by atoms with Gasteiger partial charge in [0.15, 0.2) is 11.5 Å².